The molecule has 0 aromatic heterocycles. The van der Waals surface area contributed by atoms with Crippen LogP contribution in [0.1, 0.15) is 23.7 Å². The highest BCUT2D eigenvalue weighted by molar-refractivity contribution is 5.97. The molecule has 0 saturated carbocycles. The lowest BCUT2D eigenvalue weighted by molar-refractivity contribution is -0.119. The fourth-order valence-corrected chi connectivity index (χ4v) is 1.25. The van der Waals surface area contributed by atoms with E-state index in [1.54, 1.807) is 6.92 Å². The summed E-state index contributed by atoms with van der Waals surface area (Å²) in [4.78, 5) is 22.5. The lowest BCUT2D eigenvalue weighted by Crippen LogP contribution is -2.43. The van der Waals surface area contributed by atoms with E-state index in [1.807, 2.05) is 0 Å². The summed E-state index contributed by atoms with van der Waals surface area (Å²) >= 11 is 0. The maximum atomic E-state index is 12.9. The number of carbonyl (C=O) groups is 2. The van der Waals surface area contributed by atoms with Crippen LogP contribution >= 0.6 is 0 Å². The molecule has 1 aromatic carbocycles. The second-order valence-electron chi connectivity index (χ2n) is 3.47. The van der Waals surface area contributed by atoms with Crippen LogP contribution in [0.5, 0.6) is 0 Å². The van der Waals surface area contributed by atoms with E-state index in [0.717, 1.165) is 18.2 Å². The zero-order valence-electron chi connectivity index (χ0n) is 9.17. The van der Waals surface area contributed by atoms with Gasteiger partial charge in [0.2, 0.25) is 5.91 Å². The zero-order chi connectivity index (χ0) is 13.0. The largest absolute Gasteiger partial charge is 0.368 e. The summed E-state index contributed by atoms with van der Waals surface area (Å²) in [5, 5.41) is 2.33. The van der Waals surface area contributed by atoms with Crippen molar-refractivity contribution in [2.24, 2.45) is 5.73 Å². The Kier molecular flexibility index (Phi) is 4.14. The van der Waals surface area contributed by atoms with Crippen molar-refractivity contribution < 1.29 is 18.4 Å². The van der Waals surface area contributed by atoms with Gasteiger partial charge in [0.15, 0.2) is 11.6 Å². The molecule has 92 valence electrons. The summed E-state index contributed by atoms with van der Waals surface area (Å²) in [6, 6.07) is 1.91. The highest BCUT2D eigenvalue weighted by atomic mass is 19.2. The van der Waals surface area contributed by atoms with Crippen LogP contribution < -0.4 is 11.1 Å². The summed E-state index contributed by atoms with van der Waals surface area (Å²) in [7, 11) is 0. The molecule has 0 bridgehead atoms. The molecule has 17 heavy (non-hydrogen) atoms. The van der Waals surface area contributed by atoms with Gasteiger partial charge >= 0.3 is 0 Å². The van der Waals surface area contributed by atoms with Crippen LogP contribution in [0.25, 0.3) is 0 Å². The van der Waals surface area contributed by atoms with Crippen molar-refractivity contribution in [2.75, 3.05) is 0 Å². The molecular weight excluding hydrogens is 230 g/mol. The van der Waals surface area contributed by atoms with E-state index in [0.29, 0.717) is 6.42 Å². The van der Waals surface area contributed by atoms with Crippen LogP contribution in [0.15, 0.2) is 18.2 Å². The van der Waals surface area contributed by atoms with E-state index in [4.69, 9.17) is 5.73 Å². The van der Waals surface area contributed by atoms with E-state index in [-0.39, 0.29) is 5.56 Å². The van der Waals surface area contributed by atoms with Crippen molar-refractivity contribution >= 4 is 11.8 Å². The molecule has 0 fully saturated rings. The lowest BCUT2D eigenvalue weighted by Gasteiger charge is -2.13. The lowest BCUT2D eigenvalue weighted by atomic mass is 10.1. The second kappa shape index (κ2) is 5.38. The first-order valence-electron chi connectivity index (χ1n) is 5.01. The third-order valence-electron chi connectivity index (χ3n) is 2.24. The summed E-state index contributed by atoms with van der Waals surface area (Å²) in [5.74, 6) is -3.51. The molecule has 0 heterocycles. The Morgan fingerprint density at radius 3 is 2.47 bits per heavy atom. The van der Waals surface area contributed by atoms with Crippen LogP contribution in [0.4, 0.5) is 8.78 Å². The number of amides is 2. The van der Waals surface area contributed by atoms with Crippen LogP contribution in [0, 0.1) is 11.6 Å². The maximum absolute atomic E-state index is 12.9. The van der Waals surface area contributed by atoms with Gasteiger partial charge in [0.1, 0.15) is 6.04 Å². The van der Waals surface area contributed by atoms with E-state index >= 15 is 0 Å². The van der Waals surface area contributed by atoms with Gasteiger partial charge in [-0.1, -0.05) is 6.92 Å². The van der Waals surface area contributed by atoms with Gasteiger partial charge in [0.25, 0.3) is 5.91 Å². The van der Waals surface area contributed by atoms with E-state index in [2.05, 4.69) is 5.32 Å². The fraction of sp³-hybridized carbons (Fsp3) is 0.273. The Morgan fingerprint density at radius 2 is 2.00 bits per heavy atom. The minimum atomic E-state index is -1.12. The van der Waals surface area contributed by atoms with Gasteiger partial charge in [-0.25, -0.2) is 8.78 Å². The van der Waals surface area contributed by atoms with E-state index < -0.39 is 29.5 Å². The van der Waals surface area contributed by atoms with Gasteiger partial charge in [-0.05, 0) is 24.6 Å². The Balaban J connectivity index is 2.82. The molecule has 0 saturated heterocycles. The number of halogens is 2. The number of carbonyl (C=O) groups excluding carboxylic acids is 2. The first kappa shape index (κ1) is 13.1. The molecule has 2 amide bonds. The zero-order valence-corrected chi connectivity index (χ0v) is 9.17. The average Bonchev–Trinajstić information content (AvgIpc) is 2.28. The molecule has 0 aliphatic heterocycles. The monoisotopic (exact) mass is 242 g/mol. The van der Waals surface area contributed by atoms with Crippen molar-refractivity contribution in [3.8, 4) is 0 Å². The number of nitrogens with one attached hydrogen (secondary N) is 1. The van der Waals surface area contributed by atoms with Crippen LogP contribution in [0.3, 0.4) is 0 Å². The maximum Gasteiger partial charge on any atom is 0.252 e. The third-order valence-corrected chi connectivity index (χ3v) is 2.24. The normalized spacial score (nSPS) is 11.9. The molecule has 0 unspecified atom stereocenters. The number of hydrogen-bond acceptors (Lipinski definition) is 2. The molecule has 0 aliphatic rings. The molecule has 0 aliphatic carbocycles. The van der Waals surface area contributed by atoms with Crippen molar-refractivity contribution in [2.45, 2.75) is 19.4 Å². The first-order chi connectivity index (χ1) is 7.95. The molecule has 1 atom stereocenters. The molecule has 4 nitrogen and oxygen atoms in total. The highest BCUT2D eigenvalue weighted by Gasteiger charge is 2.17. The molecule has 3 N–H and O–H groups in total. The fourth-order valence-electron chi connectivity index (χ4n) is 1.25. The summed E-state index contributed by atoms with van der Waals surface area (Å²) in [6.45, 7) is 1.67. The Bertz CT molecular complexity index is 449. The van der Waals surface area contributed by atoms with Gasteiger partial charge in [-0.2, -0.15) is 0 Å². The molecule has 0 radical (unpaired) electrons. The summed E-state index contributed by atoms with van der Waals surface area (Å²) in [6.07, 6.45) is 0.324. The number of rotatable bonds is 4. The van der Waals surface area contributed by atoms with Crippen LogP contribution in [-0.4, -0.2) is 17.9 Å². The molecular formula is C11H12F2N2O2. The number of primary amides is 1. The van der Waals surface area contributed by atoms with Crippen molar-refractivity contribution in [1.82, 2.24) is 5.32 Å². The molecule has 1 rings (SSSR count). The highest BCUT2D eigenvalue weighted by Crippen LogP contribution is 2.08. The molecule has 0 spiro atoms. The van der Waals surface area contributed by atoms with Crippen molar-refractivity contribution in [3.63, 3.8) is 0 Å². The van der Waals surface area contributed by atoms with Crippen LogP contribution in [0.2, 0.25) is 0 Å². The SMILES string of the molecule is CC[C@@H](NC(=O)c1ccc(F)c(F)c1)C(N)=O. The first-order valence-corrected chi connectivity index (χ1v) is 5.01. The Hall–Kier alpha value is -1.98. The number of nitrogens with two attached hydrogens (primary N) is 1. The van der Waals surface area contributed by atoms with Gasteiger partial charge in [0, 0.05) is 5.56 Å². The van der Waals surface area contributed by atoms with Gasteiger partial charge in [-0.15, -0.1) is 0 Å². The Labute approximate surface area is 96.8 Å². The third kappa shape index (κ3) is 3.24. The molecule has 1 aromatic rings. The standard InChI is InChI=1S/C11H12F2N2O2/c1-2-9(10(14)16)15-11(17)6-3-4-7(12)8(13)5-6/h3-5,9H,2H2,1H3,(H2,14,16)(H,15,17)/t9-/m1/s1. The van der Waals surface area contributed by atoms with Crippen LogP contribution in [-0.2, 0) is 4.79 Å². The smallest absolute Gasteiger partial charge is 0.252 e. The van der Waals surface area contributed by atoms with E-state index in [9.17, 15) is 18.4 Å². The quantitative estimate of drug-likeness (QED) is 0.825. The predicted octanol–water partition coefficient (Wildman–Crippen LogP) is 0.958. The summed E-state index contributed by atoms with van der Waals surface area (Å²) in [5.41, 5.74) is 4.97. The van der Waals surface area contributed by atoms with Crippen molar-refractivity contribution in [1.29, 1.82) is 0 Å². The minimum absolute atomic E-state index is 0.0661. The number of hydrogen-bond donors (Lipinski definition) is 2. The molecule has 6 heteroatoms. The predicted molar refractivity (Wildman–Crippen MR) is 57.1 cm³/mol. The van der Waals surface area contributed by atoms with E-state index in [1.165, 1.54) is 0 Å². The van der Waals surface area contributed by atoms with Gasteiger partial charge in [-0.3, -0.25) is 9.59 Å². The summed E-state index contributed by atoms with van der Waals surface area (Å²) < 4.78 is 25.5. The van der Waals surface area contributed by atoms with Crippen molar-refractivity contribution in [3.05, 3.63) is 35.4 Å². The van der Waals surface area contributed by atoms with Gasteiger partial charge < -0.3 is 11.1 Å². The minimum Gasteiger partial charge on any atom is -0.368 e. The van der Waals surface area contributed by atoms with Gasteiger partial charge in [0.05, 0.1) is 0 Å². The topological polar surface area (TPSA) is 72.2 Å². The second-order valence-corrected chi connectivity index (χ2v) is 3.47. The average molecular weight is 242 g/mol. The number of benzene rings is 1. The Morgan fingerprint density at radius 1 is 1.35 bits per heavy atom.